The molecule has 1 aromatic carbocycles. The van der Waals surface area contributed by atoms with Gasteiger partial charge in [0, 0.05) is 25.7 Å². The number of hydrogen-bond donors (Lipinski definition) is 2. The van der Waals surface area contributed by atoms with Crippen LogP contribution in [0.1, 0.15) is 24.8 Å². The maximum absolute atomic E-state index is 13.0. The smallest absolute Gasteiger partial charge is 0.222 e. The molecule has 1 aliphatic rings. The highest BCUT2D eigenvalue weighted by atomic mass is 19.1. The number of nitrogens with two attached hydrogens (primary N) is 1. The van der Waals surface area contributed by atoms with Crippen LogP contribution < -0.4 is 16.0 Å². The second-order valence-electron chi connectivity index (χ2n) is 6.62. The fraction of sp³-hybridized carbons (Fsp3) is 0.421. The molecule has 0 spiro atoms. The lowest BCUT2D eigenvalue weighted by Crippen LogP contribution is -2.32. The lowest BCUT2D eigenvalue weighted by Gasteiger charge is -2.27. The van der Waals surface area contributed by atoms with Crippen LogP contribution >= 0.6 is 0 Å². The standard InChI is InChI=1S/C19H24FN5O/c20-16-6-4-14(5-7-16)10-15(19(21)26)12-22-17-11-18(24-13-23-17)25-8-2-1-3-9-25/h4-7,11,13,15H,1-3,8-10,12H2,(H2,21,26)(H,22,23,24). The van der Waals surface area contributed by atoms with E-state index < -0.39 is 11.8 Å². The maximum Gasteiger partial charge on any atom is 0.222 e. The number of hydrogen-bond acceptors (Lipinski definition) is 5. The fourth-order valence-electron chi connectivity index (χ4n) is 3.15. The third-order valence-corrected chi connectivity index (χ3v) is 4.66. The van der Waals surface area contributed by atoms with Crippen LogP contribution in [-0.2, 0) is 11.2 Å². The highest BCUT2D eigenvalue weighted by Crippen LogP contribution is 2.19. The molecule has 26 heavy (non-hydrogen) atoms. The normalized spacial score (nSPS) is 15.5. The van der Waals surface area contributed by atoms with E-state index in [9.17, 15) is 9.18 Å². The van der Waals surface area contributed by atoms with Gasteiger partial charge in [0.15, 0.2) is 0 Å². The third kappa shape index (κ3) is 4.91. The Morgan fingerprint density at radius 2 is 1.92 bits per heavy atom. The summed E-state index contributed by atoms with van der Waals surface area (Å²) in [6.45, 7) is 2.37. The molecule has 1 fully saturated rings. The van der Waals surface area contributed by atoms with Crippen molar-refractivity contribution < 1.29 is 9.18 Å². The van der Waals surface area contributed by atoms with Gasteiger partial charge in [0.2, 0.25) is 5.91 Å². The molecule has 7 heteroatoms. The van der Waals surface area contributed by atoms with Crippen molar-refractivity contribution in [3.63, 3.8) is 0 Å². The van der Waals surface area contributed by atoms with Crippen LogP contribution in [0.15, 0.2) is 36.7 Å². The molecule has 1 amide bonds. The maximum atomic E-state index is 13.0. The van der Waals surface area contributed by atoms with Gasteiger partial charge in [-0.25, -0.2) is 14.4 Å². The van der Waals surface area contributed by atoms with Crippen molar-refractivity contribution in [2.45, 2.75) is 25.7 Å². The topological polar surface area (TPSA) is 84.1 Å². The molecule has 138 valence electrons. The molecule has 1 unspecified atom stereocenters. The highest BCUT2D eigenvalue weighted by Gasteiger charge is 2.17. The molecular weight excluding hydrogens is 333 g/mol. The van der Waals surface area contributed by atoms with E-state index >= 15 is 0 Å². The summed E-state index contributed by atoms with van der Waals surface area (Å²) in [5, 5.41) is 3.18. The first-order valence-electron chi connectivity index (χ1n) is 8.96. The monoisotopic (exact) mass is 357 g/mol. The van der Waals surface area contributed by atoms with Gasteiger partial charge < -0.3 is 16.0 Å². The van der Waals surface area contributed by atoms with Gasteiger partial charge >= 0.3 is 0 Å². The molecule has 1 aromatic heterocycles. The average molecular weight is 357 g/mol. The molecular formula is C19H24FN5O. The van der Waals surface area contributed by atoms with Crippen molar-refractivity contribution in [2.24, 2.45) is 11.7 Å². The Bertz CT molecular complexity index is 731. The first kappa shape index (κ1) is 18.1. The van der Waals surface area contributed by atoms with Crippen molar-refractivity contribution in [2.75, 3.05) is 29.9 Å². The quantitative estimate of drug-likeness (QED) is 0.795. The van der Waals surface area contributed by atoms with Crippen LogP contribution in [0, 0.1) is 11.7 Å². The summed E-state index contributed by atoms with van der Waals surface area (Å²) in [4.78, 5) is 22.6. The number of primary amides is 1. The minimum Gasteiger partial charge on any atom is -0.369 e. The van der Waals surface area contributed by atoms with Gasteiger partial charge in [0.25, 0.3) is 0 Å². The number of nitrogens with one attached hydrogen (secondary N) is 1. The zero-order valence-corrected chi connectivity index (χ0v) is 14.7. The third-order valence-electron chi connectivity index (χ3n) is 4.66. The highest BCUT2D eigenvalue weighted by molar-refractivity contribution is 5.77. The summed E-state index contributed by atoms with van der Waals surface area (Å²) >= 11 is 0. The molecule has 1 aliphatic heterocycles. The SMILES string of the molecule is NC(=O)C(CNc1cc(N2CCCCC2)ncn1)Cc1ccc(F)cc1. The van der Waals surface area contributed by atoms with Crippen LogP contribution in [0.4, 0.5) is 16.0 Å². The summed E-state index contributed by atoms with van der Waals surface area (Å²) in [6, 6.07) is 8.02. The van der Waals surface area contributed by atoms with Crippen LogP contribution in [0.3, 0.4) is 0 Å². The van der Waals surface area contributed by atoms with E-state index in [-0.39, 0.29) is 5.82 Å². The summed E-state index contributed by atoms with van der Waals surface area (Å²) in [6.07, 6.45) is 5.59. The molecule has 3 rings (SSSR count). The van der Waals surface area contributed by atoms with E-state index in [0.29, 0.717) is 18.8 Å². The number of amides is 1. The Labute approximate surface area is 152 Å². The van der Waals surface area contributed by atoms with Crippen molar-refractivity contribution >= 4 is 17.5 Å². The van der Waals surface area contributed by atoms with Crippen LogP contribution in [0.2, 0.25) is 0 Å². The van der Waals surface area contributed by atoms with Crippen molar-refractivity contribution in [1.82, 2.24) is 9.97 Å². The molecule has 2 aromatic rings. The fourth-order valence-corrected chi connectivity index (χ4v) is 3.15. The number of halogens is 1. The minimum absolute atomic E-state index is 0.297. The Morgan fingerprint density at radius 1 is 1.19 bits per heavy atom. The Morgan fingerprint density at radius 3 is 2.62 bits per heavy atom. The predicted molar refractivity (Wildman–Crippen MR) is 99.4 cm³/mol. The van der Waals surface area contributed by atoms with E-state index in [1.807, 2.05) is 6.07 Å². The lowest BCUT2D eigenvalue weighted by molar-refractivity contribution is -0.121. The van der Waals surface area contributed by atoms with Gasteiger partial charge in [-0.05, 0) is 43.4 Å². The second kappa shape index (κ2) is 8.60. The number of anilines is 2. The number of piperidine rings is 1. The molecule has 3 N–H and O–H groups in total. The van der Waals surface area contributed by atoms with Crippen LogP contribution in [0.25, 0.3) is 0 Å². The lowest BCUT2D eigenvalue weighted by atomic mass is 9.98. The first-order valence-corrected chi connectivity index (χ1v) is 8.96. The van der Waals surface area contributed by atoms with E-state index in [2.05, 4.69) is 20.2 Å². The zero-order valence-electron chi connectivity index (χ0n) is 14.7. The number of nitrogens with zero attached hydrogens (tertiary/aromatic N) is 3. The van der Waals surface area contributed by atoms with Gasteiger partial charge in [-0.15, -0.1) is 0 Å². The average Bonchev–Trinajstić information content (AvgIpc) is 2.67. The minimum atomic E-state index is -0.408. The van der Waals surface area contributed by atoms with Gasteiger partial charge in [0.05, 0.1) is 5.92 Å². The molecule has 1 saturated heterocycles. The summed E-state index contributed by atoms with van der Waals surface area (Å²) in [5.74, 6) is 0.469. The van der Waals surface area contributed by atoms with E-state index in [0.717, 1.165) is 24.5 Å². The molecule has 0 bridgehead atoms. The number of rotatable bonds is 7. The van der Waals surface area contributed by atoms with Gasteiger partial charge in [-0.3, -0.25) is 4.79 Å². The largest absolute Gasteiger partial charge is 0.369 e. The Balaban J connectivity index is 1.61. The summed E-state index contributed by atoms with van der Waals surface area (Å²) in [5.41, 5.74) is 6.40. The van der Waals surface area contributed by atoms with Crippen LogP contribution in [-0.4, -0.2) is 35.5 Å². The van der Waals surface area contributed by atoms with E-state index in [1.165, 1.54) is 37.7 Å². The Kier molecular flexibility index (Phi) is 5.99. The molecule has 1 atom stereocenters. The van der Waals surface area contributed by atoms with Gasteiger partial charge in [-0.1, -0.05) is 12.1 Å². The molecule has 0 saturated carbocycles. The molecule has 0 radical (unpaired) electrons. The van der Waals surface area contributed by atoms with Gasteiger partial charge in [0.1, 0.15) is 23.8 Å². The molecule has 2 heterocycles. The van der Waals surface area contributed by atoms with Crippen molar-refractivity contribution in [3.8, 4) is 0 Å². The number of aromatic nitrogens is 2. The Hall–Kier alpha value is -2.70. The molecule has 0 aliphatic carbocycles. The van der Waals surface area contributed by atoms with E-state index in [4.69, 9.17) is 5.73 Å². The van der Waals surface area contributed by atoms with Crippen molar-refractivity contribution in [1.29, 1.82) is 0 Å². The van der Waals surface area contributed by atoms with Gasteiger partial charge in [-0.2, -0.15) is 0 Å². The number of benzene rings is 1. The number of carbonyl (C=O) groups is 1. The first-order chi connectivity index (χ1) is 12.6. The second-order valence-corrected chi connectivity index (χ2v) is 6.62. The van der Waals surface area contributed by atoms with E-state index in [1.54, 1.807) is 12.1 Å². The predicted octanol–water partition coefficient (Wildman–Crippen LogP) is 2.36. The number of carbonyl (C=O) groups excluding carboxylic acids is 1. The van der Waals surface area contributed by atoms with Crippen molar-refractivity contribution in [3.05, 3.63) is 48.0 Å². The molecule has 6 nitrogen and oxygen atoms in total. The zero-order chi connectivity index (χ0) is 18.4. The van der Waals surface area contributed by atoms with Crippen LogP contribution in [0.5, 0.6) is 0 Å². The summed E-state index contributed by atoms with van der Waals surface area (Å²) < 4.78 is 13.0. The summed E-state index contributed by atoms with van der Waals surface area (Å²) in [7, 11) is 0.